The molecular formula is C33H32N4O6. The molecule has 0 aliphatic rings. The molecular weight excluding hydrogens is 548 g/mol. The number of rotatable bonds is 10. The summed E-state index contributed by atoms with van der Waals surface area (Å²) in [5.74, 6) is 1.18. The maximum Gasteiger partial charge on any atom is 0.338 e. The minimum Gasteiger partial charge on any atom is -0.497 e. The van der Waals surface area contributed by atoms with E-state index in [1.807, 2.05) is 50.2 Å². The van der Waals surface area contributed by atoms with E-state index < -0.39 is 5.97 Å². The molecule has 0 aliphatic heterocycles. The molecule has 0 spiro atoms. The van der Waals surface area contributed by atoms with E-state index in [1.165, 1.54) is 0 Å². The summed E-state index contributed by atoms with van der Waals surface area (Å²) in [4.78, 5) is 30.7. The van der Waals surface area contributed by atoms with Gasteiger partial charge < -0.3 is 29.4 Å². The first kappa shape index (κ1) is 29.1. The Morgan fingerprint density at radius 2 is 1.72 bits per heavy atom. The van der Waals surface area contributed by atoms with Gasteiger partial charge >= 0.3 is 5.97 Å². The van der Waals surface area contributed by atoms with Crippen molar-refractivity contribution in [2.45, 2.75) is 27.3 Å². The Hall–Kier alpha value is -5.38. The summed E-state index contributed by atoms with van der Waals surface area (Å²) in [6, 6.07) is 18.2. The van der Waals surface area contributed by atoms with E-state index in [-0.39, 0.29) is 19.1 Å². The van der Waals surface area contributed by atoms with E-state index >= 15 is 0 Å². The van der Waals surface area contributed by atoms with Gasteiger partial charge in [-0.1, -0.05) is 23.4 Å². The van der Waals surface area contributed by atoms with Gasteiger partial charge in [-0.05, 0) is 68.3 Å². The van der Waals surface area contributed by atoms with Crippen molar-refractivity contribution in [3.05, 3.63) is 95.0 Å². The van der Waals surface area contributed by atoms with Gasteiger partial charge in [-0.2, -0.15) is 0 Å². The number of methoxy groups -OCH3 is 2. The van der Waals surface area contributed by atoms with Gasteiger partial charge in [0.15, 0.2) is 0 Å². The molecule has 0 radical (unpaired) electrons. The SMILES string of the molecule is CCOC(=O)c1cccc(Nc2c(C(=O)NCc3cc(OC)cc(OC)c3)cnc3cc(-c4c(C)noc4C)ccc23)c1. The number of carbonyl (C=O) groups excluding carboxylic acids is 2. The Morgan fingerprint density at radius 1 is 0.953 bits per heavy atom. The van der Waals surface area contributed by atoms with Crippen LogP contribution in [-0.2, 0) is 11.3 Å². The number of amides is 1. The second kappa shape index (κ2) is 12.6. The minimum absolute atomic E-state index is 0.229. The summed E-state index contributed by atoms with van der Waals surface area (Å²) in [6.07, 6.45) is 1.54. The summed E-state index contributed by atoms with van der Waals surface area (Å²) in [5, 5.41) is 11.1. The second-order valence-corrected chi connectivity index (χ2v) is 9.81. The zero-order valence-corrected chi connectivity index (χ0v) is 24.6. The smallest absolute Gasteiger partial charge is 0.338 e. The average Bonchev–Trinajstić information content (AvgIpc) is 3.36. The standard InChI is InChI=1S/C33H32N4O6/c1-6-42-33(39)23-8-7-9-24(14-23)36-31-27-11-10-22(30-19(2)37-43-20(30)3)15-29(27)34-18-28(31)32(38)35-17-21-12-25(40-4)16-26(13-21)41-5/h7-16,18H,6,17H2,1-5H3,(H,34,36)(H,35,38). The van der Waals surface area contributed by atoms with Crippen LogP contribution in [0.3, 0.4) is 0 Å². The molecule has 2 N–H and O–H groups in total. The number of nitrogens with one attached hydrogen (secondary N) is 2. The van der Waals surface area contributed by atoms with Crippen LogP contribution in [0.4, 0.5) is 11.4 Å². The van der Waals surface area contributed by atoms with Gasteiger partial charge in [-0.15, -0.1) is 0 Å². The quantitative estimate of drug-likeness (QED) is 0.181. The molecule has 0 bridgehead atoms. The molecule has 2 heterocycles. The molecule has 5 rings (SSSR count). The van der Waals surface area contributed by atoms with E-state index in [2.05, 4.69) is 20.8 Å². The van der Waals surface area contributed by atoms with Crippen LogP contribution in [0.1, 0.15) is 44.7 Å². The fraction of sp³-hybridized carbons (Fsp3) is 0.212. The Balaban J connectivity index is 1.54. The predicted molar refractivity (Wildman–Crippen MR) is 163 cm³/mol. The van der Waals surface area contributed by atoms with E-state index in [4.69, 9.17) is 18.7 Å². The molecule has 5 aromatic rings. The van der Waals surface area contributed by atoms with Crippen molar-refractivity contribution >= 4 is 34.2 Å². The number of ether oxygens (including phenoxy) is 3. The average molecular weight is 581 g/mol. The summed E-state index contributed by atoms with van der Waals surface area (Å²) in [5.41, 5.74) is 5.91. The lowest BCUT2D eigenvalue weighted by atomic mass is 10.0. The van der Waals surface area contributed by atoms with E-state index in [9.17, 15) is 9.59 Å². The Kier molecular flexibility index (Phi) is 8.56. The fourth-order valence-electron chi connectivity index (χ4n) is 4.88. The summed E-state index contributed by atoms with van der Waals surface area (Å²) in [7, 11) is 3.15. The molecule has 2 aromatic heterocycles. The second-order valence-electron chi connectivity index (χ2n) is 9.81. The van der Waals surface area contributed by atoms with Gasteiger partial charge in [-0.25, -0.2) is 4.79 Å². The number of nitrogens with zero attached hydrogens (tertiary/aromatic N) is 2. The number of pyridine rings is 1. The number of aryl methyl sites for hydroxylation is 2. The largest absolute Gasteiger partial charge is 0.497 e. The van der Waals surface area contributed by atoms with Gasteiger partial charge in [0.2, 0.25) is 0 Å². The van der Waals surface area contributed by atoms with E-state index in [0.29, 0.717) is 50.7 Å². The van der Waals surface area contributed by atoms with Crippen LogP contribution in [0.5, 0.6) is 11.5 Å². The number of hydrogen-bond acceptors (Lipinski definition) is 9. The molecule has 1 amide bonds. The van der Waals surface area contributed by atoms with Crippen molar-refractivity contribution in [1.29, 1.82) is 0 Å². The first-order valence-corrected chi connectivity index (χ1v) is 13.7. The maximum atomic E-state index is 13.6. The number of anilines is 2. The number of fused-ring (bicyclic) bond motifs is 1. The number of hydrogen-bond donors (Lipinski definition) is 2. The van der Waals surface area contributed by atoms with E-state index in [0.717, 1.165) is 22.4 Å². The van der Waals surface area contributed by atoms with Crippen LogP contribution in [0.25, 0.3) is 22.0 Å². The Morgan fingerprint density at radius 3 is 2.40 bits per heavy atom. The van der Waals surface area contributed by atoms with Gasteiger partial charge in [0.1, 0.15) is 17.3 Å². The van der Waals surface area contributed by atoms with Crippen LogP contribution < -0.4 is 20.1 Å². The maximum absolute atomic E-state index is 13.6. The van der Waals surface area contributed by atoms with Crippen LogP contribution >= 0.6 is 0 Å². The fourth-order valence-corrected chi connectivity index (χ4v) is 4.88. The molecule has 0 unspecified atom stereocenters. The van der Waals surface area contributed by atoms with Gasteiger partial charge in [0, 0.05) is 35.4 Å². The molecule has 3 aromatic carbocycles. The lowest BCUT2D eigenvalue weighted by Crippen LogP contribution is -2.24. The number of aromatic nitrogens is 2. The molecule has 10 heteroatoms. The lowest BCUT2D eigenvalue weighted by molar-refractivity contribution is 0.0526. The number of carbonyl (C=O) groups is 2. The van der Waals surface area contributed by atoms with Crippen molar-refractivity contribution in [1.82, 2.24) is 15.5 Å². The molecule has 0 saturated carbocycles. The van der Waals surface area contributed by atoms with Crippen molar-refractivity contribution in [3.8, 4) is 22.6 Å². The molecule has 0 fully saturated rings. The van der Waals surface area contributed by atoms with Gasteiger partial charge in [0.25, 0.3) is 5.91 Å². The van der Waals surface area contributed by atoms with Gasteiger partial charge in [0.05, 0.1) is 48.9 Å². The van der Waals surface area contributed by atoms with Crippen molar-refractivity contribution in [3.63, 3.8) is 0 Å². The highest BCUT2D eigenvalue weighted by Gasteiger charge is 2.19. The Bertz CT molecular complexity index is 1770. The summed E-state index contributed by atoms with van der Waals surface area (Å²) in [6.45, 7) is 6.00. The molecule has 10 nitrogen and oxygen atoms in total. The third-order valence-corrected chi connectivity index (χ3v) is 6.94. The lowest BCUT2D eigenvalue weighted by Gasteiger charge is -2.16. The monoisotopic (exact) mass is 580 g/mol. The minimum atomic E-state index is -0.429. The third kappa shape index (κ3) is 6.28. The van der Waals surface area contributed by atoms with Crippen LogP contribution in [0.2, 0.25) is 0 Å². The molecule has 0 atom stereocenters. The molecule has 43 heavy (non-hydrogen) atoms. The molecule has 220 valence electrons. The zero-order chi connectivity index (χ0) is 30.5. The van der Waals surface area contributed by atoms with Crippen molar-refractivity contribution in [2.24, 2.45) is 0 Å². The topological polar surface area (TPSA) is 125 Å². The van der Waals surface area contributed by atoms with Crippen LogP contribution in [-0.4, -0.2) is 42.8 Å². The van der Waals surface area contributed by atoms with Crippen molar-refractivity contribution < 1.29 is 28.3 Å². The Labute approximate surface area is 249 Å². The highest BCUT2D eigenvalue weighted by molar-refractivity contribution is 6.08. The number of esters is 1. The zero-order valence-electron chi connectivity index (χ0n) is 24.6. The molecule has 0 saturated heterocycles. The van der Waals surface area contributed by atoms with Crippen LogP contribution in [0.15, 0.2) is 71.4 Å². The molecule has 0 aliphatic carbocycles. The predicted octanol–water partition coefficient (Wildman–Crippen LogP) is 6.37. The van der Waals surface area contributed by atoms with Crippen molar-refractivity contribution in [2.75, 3.05) is 26.1 Å². The first-order valence-electron chi connectivity index (χ1n) is 13.7. The highest BCUT2D eigenvalue weighted by Crippen LogP contribution is 2.34. The van der Waals surface area contributed by atoms with E-state index in [1.54, 1.807) is 51.6 Å². The normalized spacial score (nSPS) is 10.8. The highest BCUT2D eigenvalue weighted by atomic mass is 16.5. The summed E-state index contributed by atoms with van der Waals surface area (Å²) < 4.78 is 21.3. The van der Waals surface area contributed by atoms with Crippen LogP contribution in [0, 0.1) is 13.8 Å². The summed E-state index contributed by atoms with van der Waals surface area (Å²) >= 11 is 0. The number of benzene rings is 3. The van der Waals surface area contributed by atoms with Gasteiger partial charge in [-0.3, -0.25) is 9.78 Å². The third-order valence-electron chi connectivity index (χ3n) is 6.94. The first-order chi connectivity index (χ1) is 20.8.